The van der Waals surface area contributed by atoms with Crippen molar-refractivity contribution < 1.29 is 29.4 Å². The molecule has 0 bridgehead atoms. The number of benzene rings is 2. The van der Waals surface area contributed by atoms with Crippen molar-refractivity contribution in [2.24, 2.45) is 0 Å². The Morgan fingerprint density at radius 2 is 0.972 bits per heavy atom. The van der Waals surface area contributed by atoms with Crippen LogP contribution in [0.3, 0.4) is 0 Å². The van der Waals surface area contributed by atoms with Crippen molar-refractivity contribution in [2.45, 2.75) is 25.7 Å². The predicted molar refractivity (Wildman–Crippen MR) is 138 cm³/mol. The average Bonchev–Trinajstić information content (AvgIpc) is 3.34. The minimum atomic E-state index is -1.55. The summed E-state index contributed by atoms with van der Waals surface area (Å²) in [5, 5.41) is 21.3. The Kier molecular flexibility index (Phi) is 7.43. The maximum Gasteiger partial charge on any atom is 0.336 e. The van der Waals surface area contributed by atoms with Crippen molar-refractivity contribution >= 4 is 81.1 Å². The third-order valence-electron chi connectivity index (χ3n) is 6.05. The largest absolute Gasteiger partial charge is 0.478 e. The second-order valence-corrected chi connectivity index (χ2v) is 9.85. The SMILES string of the molecule is O=C(O)C(C1=C(c2ccc(Cl)cc2Cl)C(=O)CC1)=C(C(=O)O)C1=C(c2ccc(Cl)cc2Cl)C(=O)CC1. The fourth-order valence-electron chi connectivity index (χ4n) is 4.60. The standard InChI is InChI=1S/C26H16Cl4O6/c27-11-1-3-13(17(29)9-11)21-15(5-7-19(21)31)23(25(33)34)24(26(35)36)16-6-8-20(32)22(16)14-4-2-12(28)10-18(14)30/h1-4,9-10H,5-8H2,(H,33,34)(H,35,36). The molecule has 2 aromatic rings. The van der Waals surface area contributed by atoms with Gasteiger partial charge in [-0.3, -0.25) is 9.59 Å². The lowest BCUT2D eigenvalue weighted by Crippen LogP contribution is -2.16. The molecule has 184 valence electrons. The molecule has 0 fully saturated rings. The molecule has 2 aromatic carbocycles. The highest BCUT2D eigenvalue weighted by molar-refractivity contribution is 6.39. The summed E-state index contributed by atoms with van der Waals surface area (Å²) in [6.07, 6.45) is -0.0735. The first kappa shape index (κ1) is 26.2. The lowest BCUT2D eigenvalue weighted by atomic mass is 9.87. The summed E-state index contributed by atoms with van der Waals surface area (Å²) in [4.78, 5) is 50.9. The van der Waals surface area contributed by atoms with E-state index in [2.05, 4.69) is 0 Å². The van der Waals surface area contributed by atoms with Crippen LogP contribution in [0.1, 0.15) is 36.8 Å². The number of ketones is 2. The molecule has 10 heteroatoms. The lowest BCUT2D eigenvalue weighted by Gasteiger charge is -2.16. The molecule has 36 heavy (non-hydrogen) atoms. The molecule has 0 aliphatic heterocycles. The van der Waals surface area contributed by atoms with Crippen LogP contribution in [0.25, 0.3) is 11.1 Å². The number of carbonyl (C=O) groups excluding carboxylic acids is 2. The number of carboxylic acid groups (broad SMARTS) is 2. The minimum Gasteiger partial charge on any atom is -0.478 e. The molecule has 0 atom stereocenters. The molecular formula is C26H16Cl4O6. The van der Waals surface area contributed by atoms with Gasteiger partial charge in [0.15, 0.2) is 11.6 Å². The number of Topliss-reactive ketones (excluding diaryl/α,β-unsaturated/α-hetero) is 2. The number of allylic oxidation sites excluding steroid dienone is 2. The maximum atomic E-state index is 12.9. The van der Waals surface area contributed by atoms with E-state index in [-0.39, 0.29) is 80.7 Å². The number of carboxylic acids is 2. The van der Waals surface area contributed by atoms with E-state index in [0.717, 1.165) is 0 Å². The van der Waals surface area contributed by atoms with Gasteiger partial charge in [-0.2, -0.15) is 0 Å². The zero-order chi connectivity index (χ0) is 26.3. The van der Waals surface area contributed by atoms with Gasteiger partial charge < -0.3 is 10.2 Å². The van der Waals surface area contributed by atoms with Crippen LogP contribution in [0.5, 0.6) is 0 Å². The molecular weight excluding hydrogens is 550 g/mol. The van der Waals surface area contributed by atoms with Gasteiger partial charge in [0.25, 0.3) is 0 Å². The highest BCUT2D eigenvalue weighted by Gasteiger charge is 2.38. The number of carbonyl (C=O) groups is 4. The Balaban J connectivity index is 2.08. The maximum absolute atomic E-state index is 12.9. The third-order valence-corrected chi connectivity index (χ3v) is 7.14. The Morgan fingerprint density at radius 3 is 1.28 bits per heavy atom. The van der Waals surface area contributed by atoms with Crippen LogP contribution in [0, 0.1) is 0 Å². The lowest BCUT2D eigenvalue weighted by molar-refractivity contribution is -0.135. The van der Waals surface area contributed by atoms with E-state index in [1.165, 1.54) is 36.4 Å². The summed E-state index contributed by atoms with van der Waals surface area (Å²) in [5.41, 5.74) is -0.542. The molecule has 0 spiro atoms. The molecule has 0 heterocycles. The summed E-state index contributed by atoms with van der Waals surface area (Å²) in [6, 6.07) is 8.80. The first-order chi connectivity index (χ1) is 17.0. The molecule has 0 saturated heterocycles. The highest BCUT2D eigenvalue weighted by Crippen LogP contribution is 2.44. The fraction of sp³-hybridized carbons (Fsp3) is 0.154. The highest BCUT2D eigenvalue weighted by atomic mass is 35.5. The normalized spacial score (nSPS) is 16.7. The predicted octanol–water partition coefficient (Wildman–Crippen LogP) is 6.70. The molecule has 0 saturated carbocycles. The molecule has 6 nitrogen and oxygen atoms in total. The first-order valence-electron chi connectivity index (χ1n) is 10.7. The molecule has 0 unspecified atom stereocenters. The summed E-state index contributed by atoms with van der Waals surface area (Å²) in [5.74, 6) is -3.86. The number of hydrogen-bond donors (Lipinski definition) is 2. The van der Waals surface area contributed by atoms with E-state index in [9.17, 15) is 29.4 Å². The van der Waals surface area contributed by atoms with E-state index in [1.807, 2.05) is 0 Å². The smallest absolute Gasteiger partial charge is 0.336 e. The van der Waals surface area contributed by atoms with Crippen molar-refractivity contribution in [1.82, 2.24) is 0 Å². The molecule has 4 rings (SSSR count). The molecule has 2 aliphatic rings. The van der Waals surface area contributed by atoms with E-state index < -0.39 is 23.1 Å². The second kappa shape index (κ2) is 10.2. The number of halogens is 4. The van der Waals surface area contributed by atoms with Crippen LogP contribution < -0.4 is 0 Å². The first-order valence-corrected chi connectivity index (χ1v) is 12.2. The molecule has 2 aliphatic carbocycles. The van der Waals surface area contributed by atoms with E-state index in [1.54, 1.807) is 0 Å². The van der Waals surface area contributed by atoms with Gasteiger partial charge in [-0.15, -0.1) is 0 Å². The van der Waals surface area contributed by atoms with Crippen LogP contribution >= 0.6 is 46.4 Å². The average molecular weight is 566 g/mol. The van der Waals surface area contributed by atoms with Gasteiger partial charge in [0.2, 0.25) is 0 Å². The number of rotatable bonds is 6. The van der Waals surface area contributed by atoms with Crippen molar-refractivity contribution in [3.63, 3.8) is 0 Å². The zero-order valence-corrected chi connectivity index (χ0v) is 21.4. The molecule has 0 amide bonds. The Hall–Kier alpha value is -2.90. The van der Waals surface area contributed by atoms with Gasteiger partial charge >= 0.3 is 11.9 Å². The molecule has 0 radical (unpaired) electrons. The summed E-state index contributed by atoms with van der Waals surface area (Å²) >= 11 is 24.6. The van der Waals surface area contributed by atoms with Gasteiger partial charge in [-0.1, -0.05) is 58.5 Å². The monoisotopic (exact) mass is 564 g/mol. The van der Waals surface area contributed by atoms with E-state index >= 15 is 0 Å². The van der Waals surface area contributed by atoms with E-state index in [0.29, 0.717) is 10.0 Å². The Morgan fingerprint density at radius 1 is 0.611 bits per heavy atom. The van der Waals surface area contributed by atoms with Crippen molar-refractivity contribution in [3.8, 4) is 0 Å². The van der Waals surface area contributed by atoms with Crippen molar-refractivity contribution in [3.05, 3.63) is 89.9 Å². The van der Waals surface area contributed by atoms with Gasteiger partial charge in [-0.05, 0) is 48.3 Å². The minimum absolute atomic E-state index is 0.0101. The third kappa shape index (κ3) is 4.74. The number of aliphatic carboxylic acids is 2. The summed E-state index contributed by atoms with van der Waals surface area (Å²) < 4.78 is 0. The zero-order valence-electron chi connectivity index (χ0n) is 18.3. The molecule has 2 N–H and O–H groups in total. The van der Waals surface area contributed by atoms with Gasteiger partial charge in [0.05, 0.1) is 21.2 Å². The van der Waals surface area contributed by atoms with Gasteiger partial charge in [0, 0.05) is 45.2 Å². The Bertz CT molecular complexity index is 1360. The summed E-state index contributed by atoms with van der Waals surface area (Å²) in [7, 11) is 0. The van der Waals surface area contributed by atoms with Gasteiger partial charge in [0.1, 0.15) is 0 Å². The quantitative estimate of drug-likeness (QED) is 0.377. The van der Waals surface area contributed by atoms with Crippen LogP contribution in [-0.2, 0) is 19.2 Å². The Labute approximate surface area is 225 Å². The van der Waals surface area contributed by atoms with Crippen molar-refractivity contribution in [1.29, 1.82) is 0 Å². The fourth-order valence-corrected chi connectivity index (χ4v) is 5.60. The van der Waals surface area contributed by atoms with Crippen LogP contribution in [0.15, 0.2) is 58.7 Å². The van der Waals surface area contributed by atoms with Crippen LogP contribution in [0.2, 0.25) is 20.1 Å². The van der Waals surface area contributed by atoms with Crippen LogP contribution in [0.4, 0.5) is 0 Å². The van der Waals surface area contributed by atoms with Gasteiger partial charge in [-0.25, -0.2) is 9.59 Å². The second-order valence-electron chi connectivity index (χ2n) is 8.16. The van der Waals surface area contributed by atoms with Crippen molar-refractivity contribution in [2.75, 3.05) is 0 Å². The van der Waals surface area contributed by atoms with E-state index in [4.69, 9.17) is 46.4 Å². The summed E-state index contributed by atoms with van der Waals surface area (Å²) in [6.45, 7) is 0. The molecule has 0 aromatic heterocycles. The van der Waals surface area contributed by atoms with Crippen LogP contribution in [-0.4, -0.2) is 33.7 Å². The topological polar surface area (TPSA) is 109 Å². The number of hydrogen-bond acceptors (Lipinski definition) is 4.